The summed E-state index contributed by atoms with van der Waals surface area (Å²) < 4.78 is 0. The maximum Gasteiger partial charge on any atom is 0.306 e. The average Bonchev–Trinajstić information content (AvgIpc) is 3.26. The van der Waals surface area contributed by atoms with E-state index >= 15 is 0 Å². The molecule has 0 aliphatic heterocycles. The van der Waals surface area contributed by atoms with Crippen molar-refractivity contribution in [2.75, 3.05) is 6.54 Å². The van der Waals surface area contributed by atoms with Crippen LogP contribution in [0.2, 0.25) is 0 Å². The van der Waals surface area contributed by atoms with Gasteiger partial charge in [-0.1, -0.05) is 30.3 Å². The van der Waals surface area contributed by atoms with E-state index in [1.807, 2.05) is 0 Å². The fourth-order valence-electron chi connectivity index (χ4n) is 3.42. The van der Waals surface area contributed by atoms with Crippen molar-refractivity contribution in [2.45, 2.75) is 44.1 Å². The first kappa shape index (κ1) is 13.6. The molecule has 2 unspecified atom stereocenters. The van der Waals surface area contributed by atoms with Gasteiger partial charge in [0.25, 0.3) is 0 Å². The molecule has 2 aliphatic rings. The predicted molar refractivity (Wildman–Crippen MR) is 78.7 cm³/mol. The molecule has 3 nitrogen and oxygen atoms in total. The Balaban J connectivity index is 1.39. The molecule has 0 radical (unpaired) electrons. The van der Waals surface area contributed by atoms with Crippen molar-refractivity contribution in [1.82, 2.24) is 5.32 Å². The van der Waals surface area contributed by atoms with Crippen LogP contribution >= 0.6 is 0 Å². The topological polar surface area (TPSA) is 49.3 Å². The SMILES string of the molecule is O=C(O)[C@H]1CC[C@H](CNC2CC2c2ccccc2)CC1. The lowest BCUT2D eigenvalue weighted by molar-refractivity contribution is -0.143. The zero-order valence-corrected chi connectivity index (χ0v) is 11.8. The van der Waals surface area contributed by atoms with Gasteiger partial charge in [0.2, 0.25) is 0 Å². The maximum atomic E-state index is 10.9. The number of nitrogens with one attached hydrogen (secondary N) is 1. The normalized spacial score (nSPS) is 32.8. The lowest BCUT2D eigenvalue weighted by Crippen LogP contribution is -2.30. The molecule has 20 heavy (non-hydrogen) atoms. The van der Waals surface area contributed by atoms with Gasteiger partial charge in [-0.15, -0.1) is 0 Å². The highest BCUT2D eigenvalue weighted by Gasteiger charge is 2.38. The summed E-state index contributed by atoms with van der Waals surface area (Å²) in [4.78, 5) is 10.9. The predicted octanol–water partition coefficient (Wildman–Crippen LogP) is 3.02. The van der Waals surface area contributed by atoms with Crippen LogP contribution in [0.25, 0.3) is 0 Å². The standard InChI is InChI=1S/C17H23NO2/c19-17(20)14-8-6-12(7-9-14)11-18-16-10-15(16)13-4-2-1-3-5-13/h1-5,12,14-16,18H,6-11H2,(H,19,20)/t12-,14-,15?,16?. The second-order valence-corrected chi connectivity index (χ2v) is 6.32. The molecule has 3 heteroatoms. The Labute approximate surface area is 120 Å². The van der Waals surface area contributed by atoms with Crippen molar-refractivity contribution < 1.29 is 9.90 Å². The van der Waals surface area contributed by atoms with Gasteiger partial charge in [0.15, 0.2) is 0 Å². The van der Waals surface area contributed by atoms with Gasteiger partial charge in [-0.05, 0) is 50.1 Å². The number of benzene rings is 1. The number of carboxylic acid groups (broad SMARTS) is 1. The van der Waals surface area contributed by atoms with Gasteiger partial charge in [-0.3, -0.25) is 4.79 Å². The summed E-state index contributed by atoms with van der Waals surface area (Å²) in [6.07, 6.45) is 5.08. The number of aliphatic carboxylic acids is 1. The zero-order chi connectivity index (χ0) is 13.9. The zero-order valence-electron chi connectivity index (χ0n) is 11.8. The first-order valence-electron chi connectivity index (χ1n) is 7.75. The van der Waals surface area contributed by atoms with E-state index in [4.69, 9.17) is 5.11 Å². The van der Waals surface area contributed by atoms with Crippen molar-refractivity contribution in [2.24, 2.45) is 11.8 Å². The molecule has 0 spiro atoms. The molecular weight excluding hydrogens is 250 g/mol. The minimum atomic E-state index is -0.609. The van der Waals surface area contributed by atoms with Crippen LogP contribution in [0, 0.1) is 11.8 Å². The quantitative estimate of drug-likeness (QED) is 0.867. The van der Waals surface area contributed by atoms with Crippen LogP contribution in [0.15, 0.2) is 30.3 Å². The lowest BCUT2D eigenvalue weighted by atomic mass is 9.82. The highest BCUT2D eigenvalue weighted by Crippen LogP contribution is 2.41. The molecule has 3 rings (SSSR count). The first-order valence-corrected chi connectivity index (χ1v) is 7.75. The van der Waals surface area contributed by atoms with Crippen molar-refractivity contribution >= 4 is 5.97 Å². The Hall–Kier alpha value is -1.35. The van der Waals surface area contributed by atoms with Crippen LogP contribution in [0.5, 0.6) is 0 Å². The number of carbonyl (C=O) groups is 1. The van der Waals surface area contributed by atoms with E-state index in [1.54, 1.807) is 0 Å². The van der Waals surface area contributed by atoms with Gasteiger partial charge in [-0.2, -0.15) is 0 Å². The van der Waals surface area contributed by atoms with Gasteiger partial charge in [0.1, 0.15) is 0 Å². The van der Waals surface area contributed by atoms with E-state index in [9.17, 15) is 4.79 Å². The first-order chi connectivity index (χ1) is 9.74. The summed E-state index contributed by atoms with van der Waals surface area (Å²) >= 11 is 0. The molecule has 2 fully saturated rings. The molecule has 1 aromatic rings. The summed E-state index contributed by atoms with van der Waals surface area (Å²) in [6, 6.07) is 11.3. The van der Waals surface area contributed by atoms with E-state index in [1.165, 1.54) is 12.0 Å². The smallest absolute Gasteiger partial charge is 0.306 e. The molecule has 0 bridgehead atoms. The summed E-state index contributed by atoms with van der Waals surface area (Å²) in [5.41, 5.74) is 1.44. The number of hydrogen-bond donors (Lipinski definition) is 2. The van der Waals surface area contributed by atoms with Crippen LogP contribution < -0.4 is 5.32 Å². The van der Waals surface area contributed by atoms with Crippen molar-refractivity contribution in [3.05, 3.63) is 35.9 Å². The van der Waals surface area contributed by atoms with Crippen molar-refractivity contribution in [3.63, 3.8) is 0 Å². The molecule has 108 valence electrons. The number of rotatable bonds is 5. The number of hydrogen-bond acceptors (Lipinski definition) is 2. The van der Waals surface area contributed by atoms with Gasteiger partial charge < -0.3 is 10.4 Å². The summed E-state index contributed by atoms with van der Waals surface area (Å²) in [7, 11) is 0. The molecule has 0 saturated heterocycles. The molecule has 2 atom stereocenters. The average molecular weight is 273 g/mol. The fourth-order valence-corrected chi connectivity index (χ4v) is 3.42. The Bertz CT molecular complexity index is 451. The summed E-state index contributed by atoms with van der Waals surface area (Å²) in [5.74, 6) is 0.654. The molecule has 2 aliphatic carbocycles. The highest BCUT2D eigenvalue weighted by molar-refractivity contribution is 5.69. The van der Waals surface area contributed by atoms with E-state index in [2.05, 4.69) is 35.6 Å². The maximum absolute atomic E-state index is 10.9. The second kappa shape index (κ2) is 5.96. The molecule has 1 aromatic carbocycles. The molecule has 2 saturated carbocycles. The molecular formula is C17H23NO2. The Morgan fingerprint density at radius 3 is 2.50 bits per heavy atom. The second-order valence-electron chi connectivity index (χ2n) is 6.32. The Kier molecular flexibility index (Phi) is 4.06. The molecule has 0 heterocycles. The van der Waals surface area contributed by atoms with Crippen LogP contribution in [0.4, 0.5) is 0 Å². The van der Waals surface area contributed by atoms with E-state index < -0.39 is 5.97 Å². The van der Waals surface area contributed by atoms with Crippen LogP contribution in [0.1, 0.15) is 43.6 Å². The minimum Gasteiger partial charge on any atom is -0.481 e. The minimum absolute atomic E-state index is 0.0933. The van der Waals surface area contributed by atoms with Gasteiger partial charge in [0.05, 0.1) is 5.92 Å². The fraction of sp³-hybridized carbons (Fsp3) is 0.588. The van der Waals surface area contributed by atoms with Crippen LogP contribution in [-0.4, -0.2) is 23.7 Å². The van der Waals surface area contributed by atoms with E-state index in [0.717, 1.165) is 32.2 Å². The monoisotopic (exact) mass is 273 g/mol. The molecule has 0 aromatic heterocycles. The summed E-state index contributed by atoms with van der Waals surface area (Å²) in [5, 5.41) is 12.7. The van der Waals surface area contributed by atoms with Gasteiger partial charge in [0, 0.05) is 12.0 Å². The molecule has 2 N–H and O–H groups in total. The van der Waals surface area contributed by atoms with E-state index in [-0.39, 0.29) is 5.92 Å². The third-order valence-corrected chi connectivity index (χ3v) is 4.88. The highest BCUT2D eigenvalue weighted by atomic mass is 16.4. The largest absolute Gasteiger partial charge is 0.481 e. The van der Waals surface area contributed by atoms with Crippen LogP contribution in [-0.2, 0) is 4.79 Å². The van der Waals surface area contributed by atoms with E-state index in [0.29, 0.717) is 17.9 Å². The van der Waals surface area contributed by atoms with Gasteiger partial charge >= 0.3 is 5.97 Å². The third kappa shape index (κ3) is 3.21. The van der Waals surface area contributed by atoms with Gasteiger partial charge in [-0.25, -0.2) is 0 Å². The van der Waals surface area contributed by atoms with Crippen molar-refractivity contribution in [3.8, 4) is 0 Å². The molecule has 0 amide bonds. The Morgan fingerprint density at radius 2 is 1.85 bits per heavy atom. The lowest BCUT2D eigenvalue weighted by Gasteiger charge is -2.26. The number of carboxylic acids is 1. The Morgan fingerprint density at radius 1 is 1.15 bits per heavy atom. The van der Waals surface area contributed by atoms with Crippen molar-refractivity contribution in [1.29, 1.82) is 0 Å². The third-order valence-electron chi connectivity index (χ3n) is 4.88. The van der Waals surface area contributed by atoms with Crippen LogP contribution in [0.3, 0.4) is 0 Å². The summed E-state index contributed by atoms with van der Waals surface area (Å²) in [6.45, 7) is 1.06.